The van der Waals surface area contributed by atoms with Crippen LogP contribution in [0.25, 0.3) is 0 Å². The number of carbonyl (C=O) groups excluding carboxylic acids is 1. The molecule has 5 nitrogen and oxygen atoms in total. The van der Waals surface area contributed by atoms with Crippen molar-refractivity contribution < 1.29 is 15.0 Å². The van der Waals surface area contributed by atoms with Gasteiger partial charge in [0.05, 0.1) is 12.2 Å². The van der Waals surface area contributed by atoms with E-state index >= 15 is 0 Å². The van der Waals surface area contributed by atoms with Gasteiger partial charge in [-0.1, -0.05) is 18.2 Å². The van der Waals surface area contributed by atoms with Gasteiger partial charge in [-0.2, -0.15) is 0 Å². The van der Waals surface area contributed by atoms with E-state index in [1.54, 1.807) is 11.3 Å². The summed E-state index contributed by atoms with van der Waals surface area (Å²) in [5.41, 5.74) is 2.80. The summed E-state index contributed by atoms with van der Waals surface area (Å²) in [4.78, 5) is 14.8. The van der Waals surface area contributed by atoms with Gasteiger partial charge in [-0.25, -0.2) is 0 Å². The Balaban J connectivity index is 1.38. The largest absolute Gasteiger partial charge is 0.391 e. The Kier molecular flexibility index (Phi) is 5.09. The van der Waals surface area contributed by atoms with Crippen LogP contribution in [-0.4, -0.2) is 46.8 Å². The van der Waals surface area contributed by atoms with E-state index in [9.17, 15) is 15.0 Å². The highest BCUT2D eigenvalue weighted by molar-refractivity contribution is 7.10. The molecule has 3 N–H and O–H groups in total. The lowest BCUT2D eigenvalue weighted by molar-refractivity contribution is -0.116. The van der Waals surface area contributed by atoms with Gasteiger partial charge in [-0.3, -0.25) is 9.69 Å². The normalized spacial score (nSPS) is 24.8. The van der Waals surface area contributed by atoms with E-state index < -0.39 is 12.2 Å². The van der Waals surface area contributed by atoms with Crippen molar-refractivity contribution in [2.45, 2.75) is 37.4 Å². The van der Waals surface area contributed by atoms with Crippen LogP contribution in [0.15, 0.2) is 35.7 Å². The van der Waals surface area contributed by atoms with Gasteiger partial charge in [0.2, 0.25) is 5.91 Å². The Morgan fingerprint density at radius 1 is 1.31 bits per heavy atom. The molecular weight excluding hydrogens is 348 g/mol. The summed E-state index contributed by atoms with van der Waals surface area (Å²) in [5, 5.41) is 26.1. The number of benzene rings is 1. The summed E-state index contributed by atoms with van der Waals surface area (Å²) < 4.78 is 0. The number of aryl methyl sites for hydroxylation is 1. The van der Waals surface area contributed by atoms with Gasteiger partial charge in [-0.15, -0.1) is 11.3 Å². The Hall–Kier alpha value is -1.73. The predicted molar refractivity (Wildman–Crippen MR) is 102 cm³/mol. The summed E-state index contributed by atoms with van der Waals surface area (Å²) in [6.45, 7) is 1.97. The first kappa shape index (κ1) is 17.7. The molecular formula is C20H24N2O3S. The van der Waals surface area contributed by atoms with Gasteiger partial charge in [0.25, 0.3) is 0 Å². The third kappa shape index (κ3) is 3.69. The van der Waals surface area contributed by atoms with E-state index in [2.05, 4.69) is 21.7 Å². The van der Waals surface area contributed by atoms with Gasteiger partial charge >= 0.3 is 0 Å². The fraction of sp³-hybridized carbons (Fsp3) is 0.450. The molecule has 0 unspecified atom stereocenters. The van der Waals surface area contributed by atoms with Crippen molar-refractivity contribution in [3.63, 3.8) is 0 Å². The highest BCUT2D eigenvalue weighted by Crippen LogP contribution is 2.32. The summed E-state index contributed by atoms with van der Waals surface area (Å²) in [5.74, 6) is 0.254. The molecule has 3 heterocycles. The third-order valence-corrected chi connectivity index (χ3v) is 6.42. The van der Waals surface area contributed by atoms with E-state index in [1.807, 2.05) is 24.3 Å². The highest BCUT2D eigenvalue weighted by Gasteiger charge is 2.30. The zero-order valence-electron chi connectivity index (χ0n) is 14.6. The van der Waals surface area contributed by atoms with E-state index in [1.165, 1.54) is 4.88 Å². The maximum Gasteiger partial charge on any atom is 0.224 e. The number of fused-ring (bicyclic) bond motifs is 1. The summed E-state index contributed by atoms with van der Waals surface area (Å²) in [6.07, 6.45) is 1.13. The number of aliphatic hydroxyl groups excluding tert-OH is 2. The van der Waals surface area contributed by atoms with Crippen molar-refractivity contribution >= 4 is 22.9 Å². The van der Waals surface area contributed by atoms with Gasteiger partial charge in [0.1, 0.15) is 0 Å². The van der Waals surface area contributed by atoms with Crippen molar-refractivity contribution in [2.24, 2.45) is 0 Å². The lowest BCUT2D eigenvalue weighted by Gasteiger charge is -2.36. The van der Waals surface area contributed by atoms with Crippen LogP contribution in [0.1, 0.15) is 40.9 Å². The molecule has 138 valence electrons. The Labute approximate surface area is 157 Å². The molecule has 6 heteroatoms. The lowest BCUT2D eigenvalue weighted by atomic mass is 9.92. The monoisotopic (exact) mass is 372 g/mol. The van der Waals surface area contributed by atoms with Crippen LogP contribution in [-0.2, 0) is 11.2 Å². The minimum atomic E-state index is -0.594. The molecule has 1 fully saturated rings. The van der Waals surface area contributed by atoms with Crippen molar-refractivity contribution in [2.75, 3.05) is 25.0 Å². The zero-order valence-corrected chi connectivity index (χ0v) is 15.4. The van der Waals surface area contributed by atoms with Crippen molar-refractivity contribution in [3.8, 4) is 0 Å². The molecule has 4 rings (SSSR count). The molecule has 1 aromatic carbocycles. The van der Waals surface area contributed by atoms with Gasteiger partial charge in [0.15, 0.2) is 0 Å². The number of rotatable bonds is 4. The number of amides is 1. The van der Waals surface area contributed by atoms with Gasteiger partial charge < -0.3 is 15.5 Å². The van der Waals surface area contributed by atoms with Crippen LogP contribution in [0.3, 0.4) is 0 Å². The maximum absolute atomic E-state index is 11.5. The van der Waals surface area contributed by atoms with Gasteiger partial charge in [0, 0.05) is 36.0 Å². The quantitative estimate of drug-likeness (QED) is 0.771. The predicted octanol–water partition coefficient (Wildman–Crippen LogP) is 2.52. The number of nitrogens with zero attached hydrogens (tertiary/aromatic N) is 1. The topological polar surface area (TPSA) is 72.8 Å². The number of β-amino-alcohol motifs (C(OH)–C–C–N with tert-alkyl or cyclic N) is 2. The number of likely N-dealkylation sites (tertiary alicyclic amines) is 1. The fourth-order valence-electron chi connectivity index (χ4n) is 3.96. The Bertz CT molecular complexity index is 777. The molecule has 0 radical (unpaired) electrons. The van der Waals surface area contributed by atoms with Crippen molar-refractivity contribution in [3.05, 3.63) is 51.7 Å². The van der Waals surface area contributed by atoms with Crippen LogP contribution in [0.4, 0.5) is 5.69 Å². The zero-order chi connectivity index (χ0) is 18.1. The smallest absolute Gasteiger partial charge is 0.224 e. The molecule has 0 aliphatic carbocycles. The maximum atomic E-state index is 11.5. The first-order valence-electron chi connectivity index (χ1n) is 9.14. The van der Waals surface area contributed by atoms with Crippen molar-refractivity contribution in [1.82, 2.24) is 4.90 Å². The van der Waals surface area contributed by atoms with Crippen LogP contribution in [0.5, 0.6) is 0 Å². The molecule has 1 amide bonds. The molecule has 0 saturated carbocycles. The van der Waals surface area contributed by atoms with Crippen LogP contribution < -0.4 is 5.32 Å². The second-order valence-corrected chi connectivity index (χ2v) is 8.20. The second-order valence-electron chi connectivity index (χ2n) is 7.22. The molecule has 1 aromatic heterocycles. The number of thiophene rings is 1. The summed E-state index contributed by atoms with van der Waals surface area (Å²) in [7, 11) is 0. The van der Waals surface area contributed by atoms with Gasteiger partial charge in [-0.05, 0) is 48.0 Å². The first-order chi connectivity index (χ1) is 12.6. The Morgan fingerprint density at radius 3 is 2.96 bits per heavy atom. The van der Waals surface area contributed by atoms with Crippen LogP contribution in [0.2, 0.25) is 0 Å². The second kappa shape index (κ2) is 7.48. The minimum Gasteiger partial charge on any atom is -0.391 e. The standard InChI is InChI=1S/C20H24N2O3S/c23-17(14-3-5-16-13(10-14)4-6-20(25)21-16)11-22-8-7-15(18(24)12-22)19-2-1-9-26-19/h1-3,5,9-10,15,17-18,23-24H,4,6-8,11-12H2,(H,21,25)/t15-,17+,18-/m1/s1. The molecule has 1 saturated heterocycles. The molecule has 2 aliphatic heterocycles. The number of aliphatic hydroxyl groups is 2. The highest BCUT2D eigenvalue weighted by atomic mass is 32.1. The molecule has 3 atom stereocenters. The van der Waals surface area contributed by atoms with E-state index in [0.717, 1.165) is 29.8 Å². The number of hydrogen-bond donors (Lipinski definition) is 3. The first-order valence-corrected chi connectivity index (χ1v) is 10.0. The van der Waals surface area contributed by atoms with Crippen molar-refractivity contribution in [1.29, 1.82) is 0 Å². The van der Waals surface area contributed by atoms with Crippen LogP contribution >= 0.6 is 11.3 Å². The molecule has 0 spiro atoms. The number of anilines is 1. The number of nitrogens with one attached hydrogen (secondary N) is 1. The molecule has 2 aromatic rings. The summed E-state index contributed by atoms with van der Waals surface area (Å²) in [6, 6.07) is 9.87. The number of hydrogen-bond acceptors (Lipinski definition) is 5. The average Bonchev–Trinajstić information content (AvgIpc) is 3.15. The van der Waals surface area contributed by atoms with E-state index in [0.29, 0.717) is 25.9 Å². The summed E-state index contributed by atoms with van der Waals surface area (Å²) >= 11 is 1.70. The lowest BCUT2D eigenvalue weighted by Crippen LogP contribution is -2.44. The third-order valence-electron chi connectivity index (χ3n) is 5.42. The van der Waals surface area contributed by atoms with Crippen LogP contribution in [0, 0.1) is 0 Å². The van der Waals surface area contributed by atoms with E-state index in [4.69, 9.17) is 0 Å². The minimum absolute atomic E-state index is 0.0494. The fourth-order valence-corrected chi connectivity index (χ4v) is 4.88. The van der Waals surface area contributed by atoms with E-state index in [-0.39, 0.29) is 11.8 Å². The Morgan fingerprint density at radius 2 is 2.19 bits per heavy atom. The molecule has 0 bridgehead atoms. The molecule has 2 aliphatic rings. The average molecular weight is 372 g/mol. The molecule has 26 heavy (non-hydrogen) atoms. The number of carbonyl (C=O) groups is 1. The number of piperidine rings is 1. The SMILES string of the molecule is O=C1CCc2cc([C@@H](O)CN3CC[C@@H](c4cccs4)[C@H](O)C3)ccc2N1.